The first-order chi connectivity index (χ1) is 9.92. The smallest absolute Gasteiger partial charge is 0.401 e. The third-order valence-corrected chi connectivity index (χ3v) is 3.63. The van der Waals surface area contributed by atoms with Crippen molar-refractivity contribution in [3.05, 3.63) is 23.8 Å². The van der Waals surface area contributed by atoms with Crippen LogP contribution in [-0.2, 0) is 0 Å². The summed E-state index contributed by atoms with van der Waals surface area (Å²) in [5.74, 6) is 1.10. The molecule has 3 rings (SSSR count). The molecular weight excluding hydrogens is 287 g/mol. The molecule has 1 aromatic rings. The molecule has 0 aromatic heterocycles. The Balaban J connectivity index is 1.68. The molecule has 0 radical (unpaired) electrons. The maximum atomic E-state index is 12.6. The molecule has 1 unspecified atom stereocenters. The molecule has 1 saturated carbocycles. The molecule has 21 heavy (non-hydrogen) atoms. The van der Waals surface area contributed by atoms with Gasteiger partial charge in [0.05, 0.1) is 12.6 Å². The van der Waals surface area contributed by atoms with Crippen LogP contribution in [0.4, 0.5) is 13.2 Å². The van der Waals surface area contributed by atoms with Crippen LogP contribution in [0.2, 0.25) is 0 Å². The van der Waals surface area contributed by atoms with Crippen molar-refractivity contribution in [2.24, 2.45) is 0 Å². The van der Waals surface area contributed by atoms with Crippen molar-refractivity contribution in [3.63, 3.8) is 0 Å². The van der Waals surface area contributed by atoms with Crippen molar-refractivity contribution in [1.29, 1.82) is 0 Å². The summed E-state index contributed by atoms with van der Waals surface area (Å²) >= 11 is 0. The van der Waals surface area contributed by atoms with Gasteiger partial charge in [-0.3, -0.25) is 4.90 Å². The molecule has 1 heterocycles. The molecule has 1 fully saturated rings. The van der Waals surface area contributed by atoms with Crippen LogP contribution in [0.15, 0.2) is 18.2 Å². The summed E-state index contributed by atoms with van der Waals surface area (Å²) in [6.45, 7) is -0.903. The number of halogens is 3. The van der Waals surface area contributed by atoms with Gasteiger partial charge in [-0.2, -0.15) is 13.2 Å². The Kier molecular flexibility index (Phi) is 3.71. The number of alkyl halides is 3. The second-order valence-electron chi connectivity index (χ2n) is 5.40. The summed E-state index contributed by atoms with van der Waals surface area (Å²) in [5, 5.41) is 10.2. The van der Waals surface area contributed by atoms with Gasteiger partial charge >= 0.3 is 6.18 Å². The highest BCUT2D eigenvalue weighted by Gasteiger charge is 2.38. The zero-order valence-electron chi connectivity index (χ0n) is 11.3. The van der Waals surface area contributed by atoms with Crippen molar-refractivity contribution in [2.45, 2.75) is 31.2 Å². The molecule has 1 aliphatic carbocycles. The van der Waals surface area contributed by atoms with Gasteiger partial charge in [-0.15, -0.1) is 0 Å². The molecule has 1 atom stereocenters. The molecule has 116 valence electrons. The average molecular weight is 303 g/mol. The molecular formula is C14H16F3NO3. The lowest BCUT2D eigenvalue weighted by molar-refractivity contribution is -0.149. The number of benzene rings is 1. The third kappa shape index (κ3) is 3.59. The molecule has 7 heteroatoms. The number of nitrogens with zero attached hydrogens (tertiary/aromatic N) is 1. The van der Waals surface area contributed by atoms with E-state index in [0.29, 0.717) is 17.1 Å². The van der Waals surface area contributed by atoms with E-state index in [0.717, 1.165) is 12.8 Å². The fraction of sp³-hybridized carbons (Fsp3) is 0.571. The summed E-state index contributed by atoms with van der Waals surface area (Å²) in [6, 6.07) is 4.85. The predicted molar refractivity (Wildman–Crippen MR) is 68.2 cm³/mol. The zero-order chi connectivity index (χ0) is 15.0. The van der Waals surface area contributed by atoms with Gasteiger partial charge in [-0.05, 0) is 30.5 Å². The number of fused-ring (bicyclic) bond motifs is 1. The highest BCUT2D eigenvalue weighted by molar-refractivity contribution is 5.45. The molecule has 1 aromatic carbocycles. The SMILES string of the molecule is OC(CN(CC(F)(F)F)C1CC1)c1ccc2c(c1)OCO2. The Bertz CT molecular complexity index is 517. The number of hydrogen-bond acceptors (Lipinski definition) is 4. The molecule has 4 nitrogen and oxygen atoms in total. The van der Waals surface area contributed by atoms with Crippen LogP contribution in [0, 0.1) is 0 Å². The van der Waals surface area contributed by atoms with Gasteiger partial charge in [0.15, 0.2) is 11.5 Å². The van der Waals surface area contributed by atoms with Gasteiger partial charge in [-0.1, -0.05) is 6.07 Å². The van der Waals surface area contributed by atoms with E-state index in [2.05, 4.69) is 0 Å². The second kappa shape index (κ2) is 5.38. The van der Waals surface area contributed by atoms with E-state index in [1.165, 1.54) is 4.90 Å². The van der Waals surface area contributed by atoms with Crippen LogP contribution in [-0.4, -0.2) is 42.1 Å². The fourth-order valence-electron chi connectivity index (χ4n) is 2.46. The molecule has 0 amide bonds. The van der Waals surface area contributed by atoms with Crippen LogP contribution < -0.4 is 9.47 Å². The first-order valence-electron chi connectivity index (χ1n) is 6.81. The van der Waals surface area contributed by atoms with E-state index in [1.807, 2.05) is 0 Å². The minimum absolute atomic E-state index is 0.0379. The summed E-state index contributed by atoms with van der Waals surface area (Å²) in [5.41, 5.74) is 0.534. The Morgan fingerprint density at radius 1 is 1.24 bits per heavy atom. The fourth-order valence-corrected chi connectivity index (χ4v) is 2.46. The van der Waals surface area contributed by atoms with Crippen LogP contribution in [0.25, 0.3) is 0 Å². The van der Waals surface area contributed by atoms with Crippen molar-refractivity contribution < 1.29 is 27.8 Å². The maximum absolute atomic E-state index is 12.6. The van der Waals surface area contributed by atoms with Crippen molar-refractivity contribution in [2.75, 3.05) is 19.9 Å². The quantitative estimate of drug-likeness (QED) is 0.907. The molecule has 0 bridgehead atoms. The standard InChI is InChI=1S/C14H16F3NO3/c15-14(16,17)7-18(10-2-3-10)6-11(19)9-1-4-12-13(5-9)21-8-20-12/h1,4-5,10-11,19H,2-3,6-8H2. The van der Waals surface area contributed by atoms with Crippen molar-refractivity contribution in [3.8, 4) is 11.5 Å². The third-order valence-electron chi connectivity index (χ3n) is 3.63. The topological polar surface area (TPSA) is 41.9 Å². The van der Waals surface area contributed by atoms with E-state index in [1.54, 1.807) is 18.2 Å². The van der Waals surface area contributed by atoms with Gasteiger partial charge in [0.2, 0.25) is 6.79 Å². The number of aliphatic hydroxyl groups excluding tert-OH is 1. The number of aliphatic hydroxyl groups is 1. The first kappa shape index (κ1) is 14.5. The first-order valence-corrected chi connectivity index (χ1v) is 6.81. The highest BCUT2D eigenvalue weighted by atomic mass is 19.4. The van der Waals surface area contributed by atoms with Crippen LogP contribution in [0.1, 0.15) is 24.5 Å². The molecule has 0 spiro atoms. The Labute approximate surface area is 120 Å². The van der Waals surface area contributed by atoms with E-state index in [9.17, 15) is 18.3 Å². The summed E-state index contributed by atoms with van der Waals surface area (Å²) in [6.07, 6.45) is -3.73. The summed E-state index contributed by atoms with van der Waals surface area (Å²) < 4.78 is 48.1. The Morgan fingerprint density at radius 3 is 2.62 bits per heavy atom. The van der Waals surface area contributed by atoms with Gasteiger partial charge in [0.1, 0.15) is 0 Å². The number of hydrogen-bond donors (Lipinski definition) is 1. The van der Waals surface area contributed by atoms with Crippen LogP contribution in [0.3, 0.4) is 0 Å². The van der Waals surface area contributed by atoms with E-state index in [-0.39, 0.29) is 19.4 Å². The molecule has 1 aliphatic heterocycles. The van der Waals surface area contributed by atoms with E-state index >= 15 is 0 Å². The lowest BCUT2D eigenvalue weighted by Crippen LogP contribution is -2.38. The van der Waals surface area contributed by atoms with Crippen molar-refractivity contribution >= 4 is 0 Å². The largest absolute Gasteiger partial charge is 0.454 e. The zero-order valence-corrected chi connectivity index (χ0v) is 11.3. The monoisotopic (exact) mass is 303 g/mol. The predicted octanol–water partition coefficient (Wildman–Crippen LogP) is 2.48. The minimum atomic E-state index is -4.25. The second-order valence-corrected chi connectivity index (χ2v) is 5.40. The molecule has 1 N–H and O–H groups in total. The van der Waals surface area contributed by atoms with Crippen LogP contribution in [0.5, 0.6) is 11.5 Å². The van der Waals surface area contributed by atoms with Crippen molar-refractivity contribution in [1.82, 2.24) is 4.90 Å². The average Bonchev–Trinajstić information content (AvgIpc) is 3.14. The van der Waals surface area contributed by atoms with E-state index in [4.69, 9.17) is 9.47 Å². The normalized spacial score (nSPS) is 19.1. The van der Waals surface area contributed by atoms with Gasteiger partial charge in [0, 0.05) is 12.6 Å². The number of ether oxygens (including phenoxy) is 2. The van der Waals surface area contributed by atoms with E-state index < -0.39 is 18.8 Å². The Morgan fingerprint density at radius 2 is 1.95 bits per heavy atom. The van der Waals surface area contributed by atoms with Crippen LogP contribution >= 0.6 is 0 Å². The summed E-state index contributed by atoms with van der Waals surface area (Å²) in [4.78, 5) is 1.30. The highest BCUT2D eigenvalue weighted by Crippen LogP contribution is 2.36. The van der Waals surface area contributed by atoms with Gasteiger partial charge in [-0.25, -0.2) is 0 Å². The lowest BCUT2D eigenvalue weighted by Gasteiger charge is -2.26. The number of rotatable bonds is 5. The minimum Gasteiger partial charge on any atom is -0.454 e. The summed E-state index contributed by atoms with van der Waals surface area (Å²) in [7, 11) is 0. The molecule has 2 aliphatic rings. The maximum Gasteiger partial charge on any atom is 0.401 e. The molecule has 0 saturated heterocycles. The Hall–Kier alpha value is -1.47. The van der Waals surface area contributed by atoms with Gasteiger partial charge in [0.25, 0.3) is 0 Å². The van der Waals surface area contributed by atoms with Gasteiger partial charge < -0.3 is 14.6 Å². The lowest BCUT2D eigenvalue weighted by atomic mass is 10.1.